The number of hydrogen-bond donors (Lipinski definition) is 1. The van der Waals surface area contributed by atoms with Crippen LogP contribution in [-0.2, 0) is 0 Å². The highest BCUT2D eigenvalue weighted by Crippen LogP contribution is 2.37. The van der Waals surface area contributed by atoms with Gasteiger partial charge in [-0.1, -0.05) is 15.9 Å². The third kappa shape index (κ3) is 2.68. The van der Waals surface area contributed by atoms with Gasteiger partial charge in [-0.2, -0.15) is 0 Å². The minimum absolute atomic E-state index is 0.0919. The molecule has 1 aromatic carbocycles. The summed E-state index contributed by atoms with van der Waals surface area (Å²) in [7, 11) is 0. The highest BCUT2D eigenvalue weighted by molar-refractivity contribution is 9.11. The second-order valence-corrected chi connectivity index (χ2v) is 7.95. The molecule has 0 atom stereocenters. The summed E-state index contributed by atoms with van der Waals surface area (Å²) in [6.45, 7) is 5.78. The van der Waals surface area contributed by atoms with E-state index in [9.17, 15) is 4.79 Å². The number of H-pyrrole nitrogens is 1. The zero-order valence-corrected chi connectivity index (χ0v) is 17.1. The normalized spacial score (nSPS) is 11.4. The first kappa shape index (κ1) is 16.8. The number of rotatable bonds is 2. The van der Waals surface area contributed by atoms with Crippen LogP contribution in [0.25, 0.3) is 16.7 Å². The van der Waals surface area contributed by atoms with Crippen LogP contribution in [-0.4, -0.2) is 20.8 Å². The second-order valence-electron chi connectivity index (χ2n) is 5.33. The van der Waals surface area contributed by atoms with Gasteiger partial charge in [0.1, 0.15) is 5.82 Å². The fraction of sp³-hybridized carbons (Fsp3) is 0.250. The van der Waals surface area contributed by atoms with Crippen molar-refractivity contribution in [2.45, 2.75) is 25.7 Å². The summed E-state index contributed by atoms with van der Waals surface area (Å²) in [4.78, 5) is 20.9. The molecule has 3 rings (SSSR count). The minimum Gasteiger partial charge on any atom is -0.310 e. The Balaban J connectivity index is 2.52. The standard InChI is InChI=1S/C16H15Br2N3OS/c1-7-8(2)21(15-13(7)16(22)20-9(3)19-15)14-11(18)5-10(17)6-12(14)23-4/h5-6H,1-4H3,(H,19,20,22). The first-order valence-electron chi connectivity index (χ1n) is 6.97. The van der Waals surface area contributed by atoms with E-state index in [1.165, 1.54) is 0 Å². The quantitative estimate of drug-likeness (QED) is 0.558. The molecule has 0 fully saturated rings. The zero-order chi connectivity index (χ0) is 16.9. The molecule has 0 unspecified atom stereocenters. The Morgan fingerprint density at radius 3 is 2.57 bits per heavy atom. The third-order valence-electron chi connectivity index (χ3n) is 3.92. The number of hydrogen-bond acceptors (Lipinski definition) is 3. The lowest BCUT2D eigenvalue weighted by molar-refractivity contribution is 0.963. The van der Waals surface area contributed by atoms with Crippen LogP contribution in [0.5, 0.6) is 0 Å². The molecule has 0 saturated carbocycles. The van der Waals surface area contributed by atoms with Crippen molar-refractivity contribution >= 4 is 54.7 Å². The fourth-order valence-electron chi connectivity index (χ4n) is 2.77. The Bertz CT molecular complexity index is 991. The van der Waals surface area contributed by atoms with E-state index < -0.39 is 0 Å². The van der Waals surface area contributed by atoms with Gasteiger partial charge in [0.2, 0.25) is 0 Å². The van der Waals surface area contributed by atoms with Gasteiger partial charge in [0.15, 0.2) is 5.65 Å². The first-order chi connectivity index (χ1) is 10.8. The van der Waals surface area contributed by atoms with Crippen LogP contribution in [0.3, 0.4) is 0 Å². The van der Waals surface area contributed by atoms with E-state index in [0.717, 1.165) is 30.8 Å². The van der Waals surface area contributed by atoms with Gasteiger partial charge in [-0.15, -0.1) is 11.8 Å². The predicted octanol–water partition coefficient (Wildman–Crippen LogP) is 4.89. The maximum atomic E-state index is 12.4. The molecule has 0 saturated heterocycles. The van der Waals surface area contributed by atoms with Crippen LogP contribution in [0.1, 0.15) is 17.1 Å². The van der Waals surface area contributed by atoms with Crippen LogP contribution < -0.4 is 5.56 Å². The van der Waals surface area contributed by atoms with Crippen LogP contribution in [0.15, 0.2) is 30.8 Å². The summed E-state index contributed by atoms with van der Waals surface area (Å²) in [6.07, 6.45) is 2.04. The van der Waals surface area contributed by atoms with Crippen molar-refractivity contribution in [3.8, 4) is 5.69 Å². The van der Waals surface area contributed by atoms with Gasteiger partial charge < -0.3 is 4.98 Å². The lowest BCUT2D eigenvalue weighted by atomic mass is 10.2. The summed E-state index contributed by atoms with van der Waals surface area (Å²) in [6, 6.07) is 4.08. The Kier molecular flexibility index (Phi) is 4.46. The lowest BCUT2D eigenvalue weighted by Crippen LogP contribution is -2.11. The lowest BCUT2D eigenvalue weighted by Gasteiger charge is -2.15. The van der Waals surface area contributed by atoms with Gasteiger partial charge in [0, 0.05) is 19.5 Å². The van der Waals surface area contributed by atoms with E-state index in [1.807, 2.05) is 26.2 Å². The molecule has 3 aromatic rings. The second kappa shape index (κ2) is 6.11. The number of nitrogens with one attached hydrogen (secondary N) is 1. The predicted molar refractivity (Wildman–Crippen MR) is 103 cm³/mol. The molecule has 0 aliphatic carbocycles. The van der Waals surface area contributed by atoms with Crippen molar-refractivity contribution in [1.82, 2.24) is 14.5 Å². The number of nitrogens with zero attached hydrogens (tertiary/aromatic N) is 2. The Labute approximate surface area is 155 Å². The SMILES string of the molecule is CSc1cc(Br)cc(Br)c1-n1c(C)c(C)c2c(=O)[nH]c(C)nc21. The van der Waals surface area contributed by atoms with Crippen molar-refractivity contribution in [1.29, 1.82) is 0 Å². The number of benzene rings is 1. The molecule has 0 amide bonds. The Morgan fingerprint density at radius 1 is 1.22 bits per heavy atom. The molecule has 0 radical (unpaired) electrons. The Morgan fingerprint density at radius 2 is 1.91 bits per heavy atom. The smallest absolute Gasteiger partial charge is 0.260 e. The molecular formula is C16H15Br2N3OS. The van der Waals surface area contributed by atoms with Crippen molar-refractivity contribution in [3.63, 3.8) is 0 Å². The summed E-state index contributed by atoms with van der Waals surface area (Å²) in [5, 5.41) is 0.648. The van der Waals surface area contributed by atoms with Gasteiger partial charge in [-0.25, -0.2) is 4.98 Å². The molecule has 2 heterocycles. The van der Waals surface area contributed by atoms with E-state index >= 15 is 0 Å². The van der Waals surface area contributed by atoms with Crippen LogP contribution in [0, 0.1) is 20.8 Å². The number of aromatic amines is 1. The monoisotopic (exact) mass is 455 g/mol. The maximum absolute atomic E-state index is 12.4. The average Bonchev–Trinajstić information content (AvgIpc) is 2.70. The number of fused-ring (bicyclic) bond motifs is 1. The van der Waals surface area contributed by atoms with E-state index in [4.69, 9.17) is 0 Å². The third-order valence-corrected chi connectivity index (χ3v) is 5.73. The van der Waals surface area contributed by atoms with Crippen LogP contribution >= 0.6 is 43.6 Å². The van der Waals surface area contributed by atoms with Crippen LogP contribution in [0.2, 0.25) is 0 Å². The molecule has 7 heteroatoms. The van der Waals surface area contributed by atoms with Gasteiger partial charge in [0.25, 0.3) is 5.56 Å². The highest BCUT2D eigenvalue weighted by atomic mass is 79.9. The van der Waals surface area contributed by atoms with E-state index in [-0.39, 0.29) is 5.56 Å². The molecule has 0 spiro atoms. The molecule has 1 N–H and O–H groups in total. The number of aromatic nitrogens is 3. The summed E-state index contributed by atoms with van der Waals surface area (Å²) < 4.78 is 4.02. The topological polar surface area (TPSA) is 50.7 Å². The highest BCUT2D eigenvalue weighted by Gasteiger charge is 2.20. The maximum Gasteiger partial charge on any atom is 0.260 e. The molecule has 0 bridgehead atoms. The van der Waals surface area contributed by atoms with Crippen molar-refractivity contribution in [2.75, 3.05) is 6.26 Å². The molecular weight excluding hydrogens is 442 g/mol. The van der Waals surface area contributed by atoms with Crippen molar-refractivity contribution < 1.29 is 0 Å². The Hall–Kier alpha value is -1.05. The van der Waals surface area contributed by atoms with Gasteiger partial charge in [-0.3, -0.25) is 9.36 Å². The van der Waals surface area contributed by atoms with Crippen molar-refractivity contribution in [2.24, 2.45) is 0 Å². The zero-order valence-electron chi connectivity index (χ0n) is 13.1. The first-order valence-corrected chi connectivity index (χ1v) is 9.78. The van der Waals surface area contributed by atoms with E-state index in [1.54, 1.807) is 18.7 Å². The van der Waals surface area contributed by atoms with Crippen molar-refractivity contribution in [3.05, 3.63) is 48.5 Å². The molecule has 2 aromatic heterocycles. The minimum atomic E-state index is -0.0919. The molecule has 4 nitrogen and oxygen atoms in total. The molecule has 0 aliphatic heterocycles. The molecule has 23 heavy (non-hydrogen) atoms. The fourth-order valence-corrected chi connectivity index (χ4v) is 5.09. The molecule has 120 valence electrons. The summed E-state index contributed by atoms with van der Waals surface area (Å²) >= 11 is 8.86. The number of halogens is 2. The number of thioether (sulfide) groups is 1. The summed E-state index contributed by atoms with van der Waals surface area (Å²) in [5.41, 5.74) is 3.58. The number of aryl methyl sites for hydroxylation is 2. The van der Waals surface area contributed by atoms with Gasteiger partial charge in [-0.05, 0) is 60.7 Å². The molecule has 0 aliphatic rings. The van der Waals surface area contributed by atoms with E-state index in [2.05, 4.69) is 52.5 Å². The van der Waals surface area contributed by atoms with Gasteiger partial charge in [0.05, 0.1) is 11.1 Å². The van der Waals surface area contributed by atoms with Gasteiger partial charge >= 0.3 is 0 Å². The largest absolute Gasteiger partial charge is 0.310 e. The van der Waals surface area contributed by atoms with Crippen LogP contribution in [0.4, 0.5) is 0 Å². The van der Waals surface area contributed by atoms with E-state index in [0.29, 0.717) is 16.9 Å². The summed E-state index contributed by atoms with van der Waals surface area (Å²) in [5.74, 6) is 0.611. The average molecular weight is 457 g/mol.